The molecule has 0 aliphatic rings. The maximum Gasteiger partial charge on any atom is 0.279 e. The van der Waals surface area contributed by atoms with E-state index in [2.05, 4.69) is 10.9 Å². The van der Waals surface area contributed by atoms with E-state index in [1.54, 1.807) is 17.6 Å². The van der Waals surface area contributed by atoms with E-state index in [1.807, 2.05) is 0 Å². The minimum atomic E-state index is -3.36. The number of sulfone groups is 1. The Morgan fingerprint density at radius 2 is 1.97 bits per heavy atom. The zero-order valence-corrected chi connectivity index (χ0v) is 16.9. The van der Waals surface area contributed by atoms with E-state index in [4.69, 9.17) is 6.42 Å². The van der Waals surface area contributed by atoms with E-state index in [1.165, 1.54) is 36.4 Å². The first kappa shape index (κ1) is 20.4. The summed E-state index contributed by atoms with van der Waals surface area (Å²) in [5.74, 6) is 1.87. The number of carbonyl (C=O) groups excluding carboxylic acids is 1. The molecule has 0 N–H and O–H groups in total. The standard InChI is InChI=1S/C19H15N3O5S2/c1-3-11-21-16-10-7-14(22(24)25)12-17(16)28-19(21)20-18(23)13-5-8-15(9-6-13)29(26,27)4-2/h1,5-10,12H,4,11H2,2H3. The lowest BCUT2D eigenvalue weighted by molar-refractivity contribution is -0.384. The molecule has 1 heterocycles. The zero-order valence-electron chi connectivity index (χ0n) is 15.2. The quantitative estimate of drug-likeness (QED) is 0.352. The monoisotopic (exact) mass is 429 g/mol. The number of amides is 1. The second-order valence-electron chi connectivity index (χ2n) is 5.93. The summed E-state index contributed by atoms with van der Waals surface area (Å²) in [6.07, 6.45) is 5.41. The van der Waals surface area contributed by atoms with Gasteiger partial charge >= 0.3 is 0 Å². The number of terminal acetylenes is 1. The van der Waals surface area contributed by atoms with E-state index in [-0.39, 0.29) is 28.4 Å². The van der Waals surface area contributed by atoms with Crippen molar-refractivity contribution in [3.8, 4) is 12.3 Å². The van der Waals surface area contributed by atoms with E-state index >= 15 is 0 Å². The number of benzene rings is 2. The molecule has 0 spiro atoms. The van der Waals surface area contributed by atoms with Gasteiger partial charge in [-0.05, 0) is 30.3 Å². The summed E-state index contributed by atoms with van der Waals surface area (Å²) < 4.78 is 26.0. The van der Waals surface area contributed by atoms with Crippen molar-refractivity contribution in [1.29, 1.82) is 0 Å². The van der Waals surface area contributed by atoms with Gasteiger partial charge in [0, 0.05) is 17.7 Å². The first-order chi connectivity index (χ1) is 13.8. The number of thiazole rings is 1. The minimum Gasteiger partial charge on any atom is -0.305 e. The van der Waals surface area contributed by atoms with Crippen LogP contribution < -0.4 is 4.80 Å². The molecule has 0 atom stereocenters. The molecule has 0 radical (unpaired) electrons. The van der Waals surface area contributed by atoms with Crippen LogP contribution in [0.25, 0.3) is 10.2 Å². The molecule has 3 aromatic rings. The van der Waals surface area contributed by atoms with Gasteiger partial charge in [-0.15, -0.1) is 6.42 Å². The summed E-state index contributed by atoms with van der Waals surface area (Å²) in [7, 11) is -3.36. The lowest BCUT2D eigenvalue weighted by atomic mass is 10.2. The van der Waals surface area contributed by atoms with Crippen LogP contribution in [0, 0.1) is 22.5 Å². The molecule has 0 saturated heterocycles. The van der Waals surface area contributed by atoms with Crippen molar-refractivity contribution in [2.75, 3.05) is 5.75 Å². The lowest BCUT2D eigenvalue weighted by Crippen LogP contribution is -2.16. The molecular formula is C19H15N3O5S2. The van der Waals surface area contributed by atoms with Crippen molar-refractivity contribution in [2.45, 2.75) is 18.4 Å². The molecule has 148 valence electrons. The molecule has 1 aromatic heterocycles. The summed E-state index contributed by atoms with van der Waals surface area (Å²) in [4.78, 5) is 27.6. The number of fused-ring (bicyclic) bond motifs is 1. The van der Waals surface area contributed by atoms with Crippen LogP contribution in [0.3, 0.4) is 0 Å². The molecule has 0 bridgehead atoms. The highest BCUT2D eigenvalue weighted by Crippen LogP contribution is 2.23. The van der Waals surface area contributed by atoms with Crippen molar-refractivity contribution in [2.24, 2.45) is 4.99 Å². The summed E-state index contributed by atoms with van der Waals surface area (Å²) in [5.41, 5.74) is 0.780. The number of nitrogens with zero attached hydrogens (tertiary/aromatic N) is 3. The van der Waals surface area contributed by atoms with Gasteiger partial charge < -0.3 is 4.57 Å². The second-order valence-corrected chi connectivity index (χ2v) is 9.22. The summed E-state index contributed by atoms with van der Waals surface area (Å²) in [5, 5.41) is 11.0. The summed E-state index contributed by atoms with van der Waals surface area (Å²) in [6, 6.07) is 9.86. The highest BCUT2D eigenvalue weighted by molar-refractivity contribution is 7.91. The number of aromatic nitrogens is 1. The Morgan fingerprint density at radius 3 is 2.55 bits per heavy atom. The van der Waals surface area contributed by atoms with Crippen molar-refractivity contribution in [1.82, 2.24) is 4.57 Å². The van der Waals surface area contributed by atoms with Crippen molar-refractivity contribution < 1.29 is 18.1 Å². The van der Waals surface area contributed by atoms with Gasteiger partial charge in [0.25, 0.3) is 11.6 Å². The van der Waals surface area contributed by atoms with Gasteiger partial charge in [0.05, 0.1) is 32.3 Å². The minimum absolute atomic E-state index is 0.0370. The van der Waals surface area contributed by atoms with Crippen molar-refractivity contribution in [3.63, 3.8) is 0 Å². The van der Waals surface area contributed by atoms with E-state index in [9.17, 15) is 23.3 Å². The maximum atomic E-state index is 12.6. The zero-order chi connectivity index (χ0) is 21.2. The highest BCUT2D eigenvalue weighted by atomic mass is 32.2. The van der Waals surface area contributed by atoms with E-state index in [0.29, 0.717) is 15.0 Å². The summed E-state index contributed by atoms with van der Waals surface area (Å²) in [6.45, 7) is 1.68. The van der Waals surface area contributed by atoms with Crippen molar-refractivity contribution >= 4 is 43.0 Å². The molecule has 0 fully saturated rings. The largest absolute Gasteiger partial charge is 0.305 e. The first-order valence-corrected chi connectivity index (χ1v) is 10.9. The molecule has 29 heavy (non-hydrogen) atoms. The Balaban J connectivity index is 2.07. The topological polar surface area (TPSA) is 112 Å². The van der Waals surface area contributed by atoms with Crippen LogP contribution in [-0.4, -0.2) is 29.6 Å². The lowest BCUT2D eigenvalue weighted by Gasteiger charge is -2.02. The van der Waals surface area contributed by atoms with Gasteiger partial charge in [-0.2, -0.15) is 4.99 Å². The average Bonchev–Trinajstić information content (AvgIpc) is 3.04. The average molecular weight is 429 g/mol. The molecule has 0 aliphatic heterocycles. The van der Waals surface area contributed by atoms with Crippen LogP contribution in [0.5, 0.6) is 0 Å². The highest BCUT2D eigenvalue weighted by Gasteiger charge is 2.15. The number of carbonyl (C=O) groups is 1. The van der Waals surface area contributed by atoms with Gasteiger partial charge in [-0.3, -0.25) is 14.9 Å². The Morgan fingerprint density at radius 1 is 1.28 bits per heavy atom. The van der Waals surface area contributed by atoms with Crippen LogP contribution in [0.2, 0.25) is 0 Å². The van der Waals surface area contributed by atoms with Crippen LogP contribution in [0.15, 0.2) is 52.4 Å². The predicted molar refractivity (Wildman–Crippen MR) is 109 cm³/mol. The molecule has 0 aliphatic carbocycles. The number of nitro groups is 1. The molecule has 0 unspecified atom stereocenters. The third kappa shape index (κ3) is 4.11. The Kier molecular flexibility index (Phi) is 5.63. The molecule has 0 saturated carbocycles. The fourth-order valence-corrected chi connectivity index (χ4v) is 4.57. The van der Waals surface area contributed by atoms with Crippen molar-refractivity contribution in [3.05, 3.63) is 62.9 Å². The Labute approximate surface area is 170 Å². The Hall–Kier alpha value is -3.29. The third-order valence-electron chi connectivity index (χ3n) is 4.16. The van der Waals surface area contributed by atoms with Crippen LogP contribution >= 0.6 is 11.3 Å². The third-order valence-corrected chi connectivity index (χ3v) is 6.96. The fraction of sp³-hybridized carbons (Fsp3) is 0.158. The van der Waals surface area contributed by atoms with E-state index in [0.717, 1.165) is 11.3 Å². The first-order valence-electron chi connectivity index (χ1n) is 8.40. The maximum absolute atomic E-state index is 12.6. The molecule has 10 heteroatoms. The number of hydrogen-bond acceptors (Lipinski definition) is 6. The normalized spacial score (nSPS) is 12.1. The SMILES string of the molecule is C#CCn1c(=NC(=O)c2ccc(S(=O)(=O)CC)cc2)sc2cc([N+](=O)[O-])ccc21. The Bertz CT molecular complexity index is 1330. The summed E-state index contributed by atoms with van der Waals surface area (Å²) >= 11 is 1.11. The van der Waals surface area contributed by atoms with Gasteiger partial charge in [0.1, 0.15) is 0 Å². The van der Waals surface area contributed by atoms with Crippen LogP contribution in [-0.2, 0) is 16.4 Å². The smallest absolute Gasteiger partial charge is 0.279 e. The molecule has 3 rings (SSSR count). The number of hydrogen-bond donors (Lipinski definition) is 0. The van der Waals surface area contributed by atoms with Gasteiger partial charge in [-0.1, -0.05) is 24.2 Å². The molecule has 1 amide bonds. The molecular weight excluding hydrogens is 414 g/mol. The second kappa shape index (κ2) is 7.98. The van der Waals surface area contributed by atoms with Gasteiger partial charge in [0.15, 0.2) is 14.6 Å². The number of non-ortho nitro benzene ring substituents is 1. The van der Waals surface area contributed by atoms with Crippen LogP contribution in [0.1, 0.15) is 17.3 Å². The fourth-order valence-electron chi connectivity index (χ4n) is 2.63. The number of rotatable bonds is 5. The van der Waals surface area contributed by atoms with Gasteiger partial charge in [0.2, 0.25) is 0 Å². The predicted octanol–water partition coefficient (Wildman–Crippen LogP) is 2.78. The van der Waals surface area contributed by atoms with E-state index < -0.39 is 20.7 Å². The molecule has 2 aromatic carbocycles. The molecule has 8 nitrogen and oxygen atoms in total. The van der Waals surface area contributed by atoms with Crippen LogP contribution in [0.4, 0.5) is 5.69 Å². The van der Waals surface area contributed by atoms with Gasteiger partial charge in [-0.25, -0.2) is 8.42 Å². The number of nitro benzene ring substituents is 1.